The Hall–Kier alpha value is -6.33. The Morgan fingerprint density at radius 1 is 0.677 bits per heavy atom. The smallest absolute Gasteiger partial charge is 0.245 e. The molecule has 1 aliphatic heterocycles. The molecule has 334 valence electrons. The molecule has 11 N–H and O–H groups in total. The van der Waals surface area contributed by atoms with Crippen LogP contribution in [0.3, 0.4) is 0 Å². The Morgan fingerprint density at radius 2 is 1.19 bits per heavy atom. The Bertz CT molecular complexity index is 2000. The van der Waals surface area contributed by atoms with Gasteiger partial charge < -0.3 is 53.2 Å². The average Bonchev–Trinajstić information content (AvgIpc) is 3.24. The standard InChI is InChI=1S/C45H60N8O9/c1-6-26(4)37-44(61)49-34(22-29-15-11-8-12-16-29)41(58)53-38(27(5)54)45(62)48-33(23-30-17-19-31(55)20-18-30)40(57)47-24-35(42(59)52-37)50-43(60)36(25(2)3)51-39(56)32(46)21-28-13-9-7-10-14-28/h7-20,25-27,32-38,54-55H,6,21-24,46H2,1-5H3,(H,47,57)(H,48,62)(H,49,61)(H,50,60)(H,51,56)(H,52,59)(H,53,58)/t26-,27+,32-,33-,34-,35+,36-,37-,38-/m0/s1. The summed E-state index contributed by atoms with van der Waals surface area (Å²) in [5.74, 6) is -6.58. The van der Waals surface area contributed by atoms with E-state index in [4.69, 9.17) is 5.73 Å². The monoisotopic (exact) mass is 856 g/mol. The first-order valence-electron chi connectivity index (χ1n) is 20.9. The van der Waals surface area contributed by atoms with E-state index in [-0.39, 0.29) is 25.0 Å². The number of rotatable bonds is 14. The minimum Gasteiger partial charge on any atom is -0.508 e. The first-order valence-corrected chi connectivity index (χ1v) is 20.9. The van der Waals surface area contributed by atoms with Gasteiger partial charge in [0, 0.05) is 19.4 Å². The maximum atomic E-state index is 14.3. The minimum absolute atomic E-state index is 0.0321. The number of nitrogens with one attached hydrogen (secondary N) is 7. The summed E-state index contributed by atoms with van der Waals surface area (Å²) < 4.78 is 0. The number of amides is 7. The molecule has 0 aliphatic carbocycles. The van der Waals surface area contributed by atoms with Gasteiger partial charge in [-0.1, -0.05) is 107 Å². The normalized spacial score (nSPS) is 22.4. The van der Waals surface area contributed by atoms with Crippen molar-refractivity contribution in [1.29, 1.82) is 0 Å². The molecule has 0 unspecified atom stereocenters. The predicted octanol–water partition coefficient (Wildman–Crippen LogP) is -0.131. The van der Waals surface area contributed by atoms with Gasteiger partial charge in [0.15, 0.2) is 0 Å². The number of aromatic hydroxyl groups is 1. The fourth-order valence-corrected chi connectivity index (χ4v) is 6.83. The van der Waals surface area contributed by atoms with Crippen LogP contribution < -0.4 is 43.0 Å². The van der Waals surface area contributed by atoms with E-state index in [9.17, 15) is 43.8 Å². The van der Waals surface area contributed by atoms with E-state index in [2.05, 4.69) is 37.2 Å². The summed E-state index contributed by atoms with van der Waals surface area (Å²) >= 11 is 0. The van der Waals surface area contributed by atoms with Crippen molar-refractivity contribution in [3.8, 4) is 5.75 Å². The Balaban J connectivity index is 1.72. The second-order valence-corrected chi connectivity index (χ2v) is 16.1. The molecule has 0 spiro atoms. The van der Waals surface area contributed by atoms with Crippen LogP contribution in [0.2, 0.25) is 0 Å². The van der Waals surface area contributed by atoms with Gasteiger partial charge in [-0.15, -0.1) is 0 Å². The molecule has 7 amide bonds. The highest BCUT2D eigenvalue weighted by Crippen LogP contribution is 2.14. The van der Waals surface area contributed by atoms with E-state index in [0.29, 0.717) is 17.5 Å². The van der Waals surface area contributed by atoms with Crippen LogP contribution in [0, 0.1) is 11.8 Å². The van der Waals surface area contributed by atoms with E-state index in [1.54, 1.807) is 58.0 Å². The van der Waals surface area contributed by atoms with Crippen LogP contribution in [0.15, 0.2) is 84.9 Å². The second kappa shape index (κ2) is 23.0. The maximum Gasteiger partial charge on any atom is 0.245 e. The molecule has 0 aromatic heterocycles. The molecule has 17 nitrogen and oxygen atoms in total. The molecule has 62 heavy (non-hydrogen) atoms. The highest BCUT2D eigenvalue weighted by Gasteiger charge is 2.37. The van der Waals surface area contributed by atoms with Crippen LogP contribution in [-0.2, 0) is 52.8 Å². The van der Waals surface area contributed by atoms with Crippen molar-refractivity contribution in [3.05, 3.63) is 102 Å². The van der Waals surface area contributed by atoms with Gasteiger partial charge in [-0.3, -0.25) is 33.6 Å². The number of carbonyl (C=O) groups is 7. The SMILES string of the molecule is CC[C@H](C)[C@@H]1NC(=O)[C@H](NC(=O)[C@@H](NC(=O)[C@@H](N)Cc2ccccc2)C(C)C)CNC(=O)[C@H](Cc2ccc(O)cc2)NC(=O)[C@H]([C@@H](C)O)NC(=O)[C@H](Cc2ccccc2)NC1=O. The Labute approximate surface area is 361 Å². The van der Waals surface area contributed by atoms with Gasteiger partial charge in [0.25, 0.3) is 0 Å². The first kappa shape index (κ1) is 48.3. The third-order valence-corrected chi connectivity index (χ3v) is 10.8. The van der Waals surface area contributed by atoms with Crippen molar-refractivity contribution in [1.82, 2.24) is 37.2 Å². The fraction of sp³-hybridized carbons (Fsp3) is 0.444. The number of nitrogens with two attached hydrogens (primary N) is 1. The summed E-state index contributed by atoms with van der Waals surface area (Å²) in [6.45, 7) is 7.65. The third kappa shape index (κ3) is 14.1. The molecule has 4 rings (SSSR count). The highest BCUT2D eigenvalue weighted by molar-refractivity contribution is 5.98. The number of phenolic OH excluding ortho intramolecular Hbond substituents is 1. The van der Waals surface area contributed by atoms with Crippen molar-refractivity contribution < 1.29 is 43.8 Å². The van der Waals surface area contributed by atoms with Crippen molar-refractivity contribution >= 4 is 41.4 Å². The van der Waals surface area contributed by atoms with Gasteiger partial charge in [-0.2, -0.15) is 0 Å². The van der Waals surface area contributed by atoms with Gasteiger partial charge in [0.05, 0.1) is 12.1 Å². The van der Waals surface area contributed by atoms with Gasteiger partial charge in [-0.25, -0.2) is 0 Å². The third-order valence-electron chi connectivity index (χ3n) is 10.8. The molecule has 1 fully saturated rings. The zero-order valence-corrected chi connectivity index (χ0v) is 35.7. The predicted molar refractivity (Wildman–Crippen MR) is 231 cm³/mol. The van der Waals surface area contributed by atoms with Gasteiger partial charge in [-0.05, 0) is 54.0 Å². The molecular formula is C45H60N8O9. The minimum atomic E-state index is -1.58. The first-order chi connectivity index (χ1) is 29.5. The summed E-state index contributed by atoms with van der Waals surface area (Å²) in [5, 5.41) is 39.2. The number of hydrogen-bond acceptors (Lipinski definition) is 10. The van der Waals surface area contributed by atoms with Crippen molar-refractivity contribution in [2.24, 2.45) is 17.6 Å². The lowest BCUT2D eigenvalue weighted by atomic mass is 9.96. The molecule has 0 bridgehead atoms. The van der Waals surface area contributed by atoms with Crippen LogP contribution >= 0.6 is 0 Å². The van der Waals surface area contributed by atoms with E-state index < -0.39 is 108 Å². The molecule has 1 saturated heterocycles. The molecule has 1 aliphatic rings. The summed E-state index contributed by atoms with van der Waals surface area (Å²) in [6, 6.07) is 14.5. The van der Waals surface area contributed by atoms with Crippen LogP contribution in [0.4, 0.5) is 0 Å². The van der Waals surface area contributed by atoms with Crippen molar-refractivity contribution in [3.63, 3.8) is 0 Å². The quantitative estimate of drug-likeness (QED) is 0.103. The van der Waals surface area contributed by atoms with E-state index in [1.165, 1.54) is 31.2 Å². The van der Waals surface area contributed by atoms with E-state index in [0.717, 1.165) is 5.56 Å². The lowest BCUT2D eigenvalue weighted by Gasteiger charge is -2.31. The van der Waals surface area contributed by atoms with Crippen LogP contribution in [0.25, 0.3) is 0 Å². The lowest BCUT2D eigenvalue weighted by molar-refractivity contribution is -0.138. The van der Waals surface area contributed by atoms with Crippen molar-refractivity contribution in [2.45, 2.75) is 109 Å². The molecule has 3 aromatic rings. The highest BCUT2D eigenvalue weighted by atomic mass is 16.3. The summed E-state index contributed by atoms with van der Waals surface area (Å²) in [7, 11) is 0. The van der Waals surface area contributed by atoms with Gasteiger partial charge in [0.1, 0.15) is 42.0 Å². The average molecular weight is 857 g/mol. The van der Waals surface area contributed by atoms with Gasteiger partial charge in [0.2, 0.25) is 41.4 Å². The Kier molecular flexibility index (Phi) is 18.0. The number of hydrogen-bond donors (Lipinski definition) is 10. The number of aliphatic hydroxyl groups excluding tert-OH is 1. The molecule has 0 saturated carbocycles. The largest absolute Gasteiger partial charge is 0.508 e. The maximum absolute atomic E-state index is 14.3. The summed E-state index contributed by atoms with van der Waals surface area (Å²) in [6.07, 6.45) is -1.03. The number of carbonyl (C=O) groups excluding carboxylic acids is 7. The second-order valence-electron chi connectivity index (χ2n) is 16.1. The molecule has 3 aromatic carbocycles. The lowest BCUT2D eigenvalue weighted by Crippen LogP contribution is -2.64. The molecular weight excluding hydrogens is 797 g/mol. The number of phenols is 1. The number of benzene rings is 3. The van der Waals surface area contributed by atoms with E-state index in [1.807, 2.05) is 30.3 Å². The molecule has 9 atom stereocenters. The number of aliphatic hydroxyl groups is 1. The van der Waals surface area contributed by atoms with Crippen LogP contribution in [0.5, 0.6) is 5.75 Å². The fourth-order valence-electron chi connectivity index (χ4n) is 6.83. The van der Waals surface area contributed by atoms with Crippen LogP contribution in [0.1, 0.15) is 57.7 Å². The van der Waals surface area contributed by atoms with Crippen LogP contribution in [-0.4, -0.2) is 107 Å². The molecule has 0 radical (unpaired) electrons. The van der Waals surface area contributed by atoms with E-state index >= 15 is 0 Å². The zero-order chi connectivity index (χ0) is 45.5. The molecule has 1 heterocycles. The van der Waals surface area contributed by atoms with Gasteiger partial charge >= 0.3 is 0 Å². The van der Waals surface area contributed by atoms with Crippen molar-refractivity contribution in [2.75, 3.05) is 6.54 Å². The Morgan fingerprint density at radius 3 is 1.74 bits per heavy atom. The zero-order valence-electron chi connectivity index (χ0n) is 35.7. The summed E-state index contributed by atoms with van der Waals surface area (Å²) in [5.41, 5.74) is 8.21. The summed E-state index contributed by atoms with van der Waals surface area (Å²) in [4.78, 5) is 97.7. The molecule has 17 heteroatoms. The topological polar surface area (TPSA) is 270 Å².